The Morgan fingerprint density at radius 1 is 1.29 bits per heavy atom. The Labute approximate surface area is 119 Å². The summed E-state index contributed by atoms with van der Waals surface area (Å²) >= 11 is 0. The predicted molar refractivity (Wildman–Crippen MR) is 75.4 cm³/mol. The molecule has 0 atom stereocenters. The van der Waals surface area contributed by atoms with Gasteiger partial charge in [0.2, 0.25) is 0 Å². The molecule has 0 fully saturated rings. The molecule has 21 heavy (non-hydrogen) atoms. The Morgan fingerprint density at radius 2 is 2.05 bits per heavy atom. The number of rotatable bonds is 6. The molecule has 1 amide bonds. The van der Waals surface area contributed by atoms with Crippen molar-refractivity contribution in [2.45, 2.75) is 0 Å². The van der Waals surface area contributed by atoms with Gasteiger partial charge in [0.05, 0.1) is 6.61 Å². The van der Waals surface area contributed by atoms with E-state index in [9.17, 15) is 14.4 Å². The second kappa shape index (κ2) is 6.67. The van der Waals surface area contributed by atoms with Gasteiger partial charge in [-0.1, -0.05) is 18.2 Å². The Morgan fingerprint density at radius 3 is 2.81 bits per heavy atom. The number of hydrogen-bond acceptors (Lipinski definition) is 4. The number of ether oxygens (including phenoxy) is 1. The number of benzene rings is 1. The molecular weight excluding hydrogens is 276 g/mol. The monoisotopic (exact) mass is 290 g/mol. The number of H-pyrrole nitrogens is 1. The van der Waals surface area contributed by atoms with Crippen molar-refractivity contribution in [3.8, 4) is 0 Å². The van der Waals surface area contributed by atoms with Crippen molar-refractivity contribution in [1.82, 2.24) is 10.3 Å². The van der Waals surface area contributed by atoms with Crippen LogP contribution in [0.15, 0.2) is 35.1 Å². The van der Waals surface area contributed by atoms with Gasteiger partial charge >= 0.3 is 5.97 Å². The Kier molecular flexibility index (Phi) is 4.68. The topological polar surface area (TPSA) is 108 Å². The van der Waals surface area contributed by atoms with E-state index in [4.69, 9.17) is 9.84 Å². The van der Waals surface area contributed by atoms with Crippen LogP contribution in [0.1, 0.15) is 10.5 Å². The van der Waals surface area contributed by atoms with E-state index in [0.717, 1.165) is 0 Å². The van der Waals surface area contributed by atoms with Gasteiger partial charge in [-0.3, -0.25) is 9.59 Å². The van der Waals surface area contributed by atoms with Crippen LogP contribution in [0.25, 0.3) is 10.8 Å². The molecule has 1 aromatic carbocycles. The van der Waals surface area contributed by atoms with E-state index in [-0.39, 0.29) is 24.4 Å². The second-order valence-electron chi connectivity index (χ2n) is 4.30. The number of aromatic amines is 1. The maximum absolute atomic E-state index is 11.9. The lowest BCUT2D eigenvalue weighted by Crippen LogP contribution is -2.30. The molecule has 0 unspecified atom stereocenters. The molecule has 0 aliphatic rings. The molecule has 0 aliphatic carbocycles. The highest BCUT2D eigenvalue weighted by Gasteiger charge is 2.08. The number of hydrogen-bond donors (Lipinski definition) is 3. The number of carboxylic acids is 1. The van der Waals surface area contributed by atoms with E-state index in [1.807, 2.05) is 0 Å². The van der Waals surface area contributed by atoms with Crippen molar-refractivity contribution in [3.63, 3.8) is 0 Å². The molecule has 7 heteroatoms. The van der Waals surface area contributed by atoms with Crippen LogP contribution in [0.2, 0.25) is 0 Å². The fraction of sp³-hybridized carbons (Fsp3) is 0.214. The zero-order valence-electron chi connectivity index (χ0n) is 11.1. The summed E-state index contributed by atoms with van der Waals surface area (Å²) in [4.78, 5) is 36.4. The lowest BCUT2D eigenvalue weighted by molar-refractivity contribution is -0.142. The summed E-state index contributed by atoms with van der Waals surface area (Å²) in [5.41, 5.74) is -0.183. The summed E-state index contributed by atoms with van der Waals surface area (Å²) in [5.74, 6) is -1.52. The van der Waals surface area contributed by atoms with E-state index in [1.165, 1.54) is 0 Å². The number of nitrogens with one attached hydrogen (secondary N) is 2. The van der Waals surface area contributed by atoms with Crippen LogP contribution in [-0.2, 0) is 9.53 Å². The summed E-state index contributed by atoms with van der Waals surface area (Å²) in [6.07, 6.45) is 0. The smallest absolute Gasteiger partial charge is 0.329 e. The highest BCUT2D eigenvalue weighted by atomic mass is 16.5. The van der Waals surface area contributed by atoms with Crippen LogP contribution in [0, 0.1) is 0 Å². The summed E-state index contributed by atoms with van der Waals surface area (Å²) in [6, 6.07) is 8.54. The second-order valence-corrected chi connectivity index (χ2v) is 4.30. The number of carboxylic acid groups (broad SMARTS) is 1. The zero-order valence-corrected chi connectivity index (χ0v) is 11.1. The Bertz CT molecular complexity index is 723. The van der Waals surface area contributed by atoms with Gasteiger partial charge in [0.25, 0.3) is 11.5 Å². The van der Waals surface area contributed by atoms with Crippen LogP contribution in [0.3, 0.4) is 0 Å². The number of fused-ring (bicyclic) bond motifs is 1. The van der Waals surface area contributed by atoms with Gasteiger partial charge in [-0.2, -0.15) is 0 Å². The molecule has 1 heterocycles. The van der Waals surface area contributed by atoms with Gasteiger partial charge in [0.15, 0.2) is 0 Å². The lowest BCUT2D eigenvalue weighted by atomic mass is 10.1. The van der Waals surface area contributed by atoms with E-state index in [2.05, 4.69) is 10.3 Å². The van der Waals surface area contributed by atoms with E-state index < -0.39 is 18.5 Å². The highest BCUT2D eigenvalue weighted by Crippen LogP contribution is 2.09. The normalized spacial score (nSPS) is 10.5. The maximum atomic E-state index is 11.9. The first-order valence-electron chi connectivity index (χ1n) is 6.28. The summed E-state index contributed by atoms with van der Waals surface area (Å²) in [7, 11) is 0. The Balaban J connectivity index is 2.00. The van der Waals surface area contributed by atoms with Crippen LogP contribution >= 0.6 is 0 Å². The maximum Gasteiger partial charge on any atom is 0.329 e. The fourth-order valence-electron chi connectivity index (χ4n) is 1.82. The van der Waals surface area contributed by atoms with Crippen molar-refractivity contribution >= 4 is 22.6 Å². The van der Waals surface area contributed by atoms with Crippen molar-refractivity contribution in [2.24, 2.45) is 0 Å². The third kappa shape index (κ3) is 3.90. The van der Waals surface area contributed by atoms with Crippen LogP contribution in [0.5, 0.6) is 0 Å². The van der Waals surface area contributed by atoms with Crippen LogP contribution in [0.4, 0.5) is 0 Å². The van der Waals surface area contributed by atoms with Gasteiger partial charge in [-0.25, -0.2) is 4.79 Å². The number of pyridine rings is 1. The Hall–Kier alpha value is -2.67. The van der Waals surface area contributed by atoms with E-state index in [1.54, 1.807) is 30.3 Å². The van der Waals surface area contributed by atoms with Gasteiger partial charge in [0.1, 0.15) is 12.3 Å². The third-order valence-corrected chi connectivity index (χ3v) is 2.76. The fourth-order valence-corrected chi connectivity index (χ4v) is 1.82. The molecule has 0 saturated carbocycles. The van der Waals surface area contributed by atoms with E-state index in [0.29, 0.717) is 10.8 Å². The largest absolute Gasteiger partial charge is 0.480 e. The van der Waals surface area contributed by atoms with Gasteiger partial charge in [-0.15, -0.1) is 0 Å². The molecule has 3 N–H and O–H groups in total. The third-order valence-electron chi connectivity index (χ3n) is 2.76. The predicted octanol–water partition coefficient (Wildman–Crippen LogP) is 0.359. The van der Waals surface area contributed by atoms with Gasteiger partial charge in [-0.05, 0) is 17.5 Å². The summed E-state index contributed by atoms with van der Waals surface area (Å²) in [6.45, 7) is -0.181. The molecule has 1 aromatic heterocycles. The first kappa shape index (κ1) is 14.7. The molecule has 0 spiro atoms. The number of carbonyl (C=O) groups is 2. The number of aromatic nitrogens is 1. The first-order chi connectivity index (χ1) is 10.1. The minimum atomic E-state index is -1.07. The lowest BCUT2D eigenvalue weighted by Gasteiger charge is -2.06. The van der Waals surface area contributed by atoms with Crippen molar-refractivity contribution in [2.75, 3.05) is 19.8 Å². The molecular formula is C14H14N2O5. The van der Waals surface area contributed by atoms with Crippen molar-refractivity contribution in [3.05, 3.63) is 46.4 Å². The van der Waals surface area contributed by atoms with Gasteiger partial charge < -0.3 is 20.1 Å². The molecule has 110 valence electrons. The number of amides is 1. The zero-order chi connectivity index (χ0) is 15.2. The average Bonchev–Trinajstić information content (AvgIpc) is 2.46. The van der Waals surface area contributed by atoms with Crippen LogP contribution < -0.4 is 10.9 Å². The molecule has 2 aromatic rings. The molecule has 2 rings (SSSR count). The van der Waals surface area contributed by atoms with Crippen molar-refractivity contribution < 1.29 is 19.4 Å². The minimum Gasteiger partial charge on any atom is -0.480 e. The minimum absolute atomic E-state index is 0.0792. The molecule has 0 radical (unpaired) electrons. The molecule has 7 nitrogen and oxygen atoms in total. The standard InChI is InChI=1S/C14H14N2O5/c17-12(18)8-21-6-5-15-14(20)11-7-9-3-1-2-4-10(9)13(19)16-11/h1-4,7H,5-6,8H2,(H,15,20)(H,16,19)(H,17,18). The summed E-state index contributed by atoms with van der Waals surface area (Å²) in [5, 5.41) is 12.1. The molecule has 0 bridgehead atoms. The van der Waals surface area contributed by atoms with Crippen molar-refractivity contribution in [1.29, 1.82) is 0 Å². The number of carbonyl (C=O) groups excluding carboxylic acids is 1. The van der Waals surface area contributed by atoms with E-state index >= 15 is 0 Å². The summed E-state index contributed by atoms with van der Waals surface area (Å²) < 4.78 is 4.79. The number of aliphatic carboxylic acids is 1. The average molecular weight is 290 g/mol. The molecule has 0 aliphatic heterocycles. The first-order valence-corrected chi connectivity index (χ1v) is 6.28. The quantitative estimate of drug-likeness (QED) is 0.666. The SMILES string of the molecule is O=C(O)COCCNC(=O)c1cc2ccccc2c(=O)[nH]1. The van der Waals surface area contributed by atoms with Crippen LogP contribution in [-0.4, -0.2) is 41.7 Å². The highest BCUT2D eigenvalue weighted by molar-refractivity contribution is 5.96. The van der Waals surface area contributed by atoms with Gasteiger partial charge in [0, 0.05) is 11.9 Å². The molecule has 0 saturated heterocycles.